The van der Waals surface area contributed by atoms with Crippen molar-refractivity contribution in [3.63, 3.8) is 0 Å². The number of nitrogens with one attached hydrogen (secondary N) is 1. The SMILES string of the molecule is c1cnc2c(C3CCCN(CC4CC4)C3)[nH]nc2n1. The molecule has 19 heavy (non-hydrogen) atoms. The molecule has 1 saturated carbocycles. The average Bonchev–Trinajstić information content (AvgIpc) is 3.16. The quantitative estimate of drug-likeness (QED) is 0.913. The highest BCUT2D eigenvalue weighted by Crippen LogP contribution is 2.33. The third-order valence-corrected chi connectivity index (χ3v) is 4.34. The topological polar surface area (TPSA) is 57.7 Å². The number of rotatable bonds is 3. The van der Waals surface area contributed by atoms with Crippen LogP contribution in [0.25, 0.3) is 11.2 Å². The molecule has 1 N–H and O–H groups in total. The van der Waals surface area contributed by atoms with Crippen molar-refractivity contribution in [2.75, 3.05) is 19.6 Å². The molecule has 0 bridgehead atoms. The molecule has 0 radical (unpaired) electrons. The van der Waals surface area contributed by atoms with Crippen molar-refractivity contribution in [1.29, 1.82) is 0 Å². The van der Waals surface area contributed by atoms with Gasteiger partial charge in [-0.25, -0.2) is 9.97 Å². The molecule has 1 aliphatic carbocycles. The van der Waals surface area contributed by atoms with Crippen LogP contribution < -0.4 is 0 Å². The summed E-state index contributed by atoms with van der Waals surface area (Å²) in [6.07, 6.45) is 8.83. The molecule has 2 fully saturated rings. The van der Waals surface area contributed by atoms with Gasteiger partial charge in [-0.3, -0.25) is 5.10 Å². The maximum absolute atomic E-state index is 4.44. The monoisotopic (exact) mass is 257 g/mol. The second-order valence-electron chi connectivity index (χ2n) is 5.91. The summed E-state index contributed by atoms with van der Waals surface area (Å²) in [6.45, 7) is 3.68. The summed E-state index contributed by atoms with van der Waals surface area (Å²) in [5.41, 5.74) is 2.89. The van der Waals surface area contributed by atoms with Gasteiger partial charge in [-0.2, -0.15) is 5.10 Å². The zero-order valence-electron chi connectivity index (χ0n) is 11.0. The van der Waals surface area contributed by atoms with Gasteiger partial charge in [-0.05, 0) is 38.1 Å². The van der Waals surface area contributed by atoms with E-state index in [9.17, 15) is 0 Å². The number of aromatic nitrogens is 4. The number of piperidine rings is 1. The van der Waals surface area contributed by atoms with Crippen molar-refractivity contribution in [2.24, 2.45) is 5.92 Å². The molecule has 1 aliphatic heterocycles. The zero-order chi connectivity index (χ0) is 12.7. The molecular weight excluding hydrogens is 238 g/mol. The Kier molecular flexibility index (Phi) is 2.72. The van der Waals surface area contributed by atoms with E-state index in [1.54, 1.807) is 12.4 Å². The van der Waals surface area contributed by atoms with E-state index in [2.05, 4.69) is 25.1 Å². The Labute approximate surface area is 112 Å². The summed E-state index contributed by atoms with van der Waals surface area (Å²) in [7, 11) is 0. The van der Waals surface area contributed by atoms with Crippen LogP contribution in [0.2, 0.25) is 0 Å². The van der Waals surface area contributed by atoms with Gasteiger partial charge in [0.1, 0.15) is 5.52 Å². The number of likely N-dealkylation sites (tertiary alicyclic amines) is 1. The normalized spacial score (nSPS) is 24.9. The van der Waals surface area contributed by atoms with Crippen molar-refractivity contribution in [3.8, 4) is 0 Å². The van der Waals surface area contributed by atoms with Crippen LogP contribution in [0.5, 0.6) is 0 Å². The molecule has 5 nitrogen and oxygen atoms in total. The van der Waals surface area contributed by atoms with E-state index < -0.39 is 0 Å². The molecule has 0 amide bonds. The summed E-state index contributed by atoms with van der Waals surface area (Å²) in [5.74, 6) is 1.51. The fourth-order valence-corrected chi connectivity index (χ4v) is 3.18. The average molecular weight is 257 g/mol. The van der Waals surface area contributed by atoms with Gasteiger partial charge < -0.3 is 4.90 Å². The number of aromatic amines is 1. The molecule has 100 valence electrons. The highest BCUT2D eigenvalue weighted by molar-refractivity contribution is 5.72. The van der Waals surface area contributed by atoms with Crippen molar-refractivity contribution < 1.29 is 0 Å². The van der Waals surface area contributed by atoms with E-state index in [1.807, 2.05) is 0 Å². The van der Waals surface area contributed by atoms with Crippen molar-refractivity contribution in [2.45, 2.75) is 31.6 Å². The van der Waals surface area contributed by atoms with Crippen LogP contribution >= 0.6 is 0 Å². The molecule has 0 aromatic carbocycles. The number of hydrogen-bond donors (Lipinski definition) is 1. The highest BCUT2D eigenvalue weighted by atomic mass is 15.2. The Morgan fingerprint density at radius 3 is 3.00 bits per heavy atom. The van der Waals surface area contributed by atoms with Crippen LogP contribution in [0.3, 0.4) is 0 Å². The van der Waals surface area contributed by atoms with Crippen LogP contribution in [0.15, 0.2) is 12.4 Å². The van der Waals surface area contributed by atoms with Crippen LogP contribution in [-0.2, 0) is 0 Å². The molecular formula is C14H19N5. The molecule has 4 rings (SSSR count). The number of fused-ring (bicyclic) bond motifs is 1. The summed E-state index contributed by atoms with van der Waals surface area (Å²) in [6, 6.07) is 0. The minimum atomic E-state index is 0.536. The van der Waals surface area contributed by atoms with Crippen LogP contribution in [-0.4, -0.2) is 44.7 Å². The Bertz CT molecular complexity index is 574. The Morgan fingerprint density at radius 2 is 2.11 bits per heavy atom. The van der Waals surface area contributed by atoms with E-state index in [0.717, 1.165) is 23.6 Å². The largest absolute Gasteiger partial charge is 0.302 e. The van der Waals surface area contributed by atoms with Crippen molar-refractivity contribution >= 4 is 11.2 Å². The lowest BCUT2D eigenvalue weighted by Gasteiger charge is -2.32. The van der Waals surface area contributed by atoms with Gasteiger partial charge in [-0.1, -0.05) is 0 Å². The summed E-state index contributed by atoms with van der Waals surface area (Å²) < 4.78 is 0. The molecule has 2 aromatic rings. The Balaban J connectivity index is 1.56. The smallest absolute Gasteiger partial charge is 0.199 e. The fraction of sp³-hybridized carbons (Fsp3) is 0.643. The maximum Gasteiger partial charge on any atom is 0.199 e. The second-order valence-corrected chi connectivity index (χ2v) is 5.91. The van der Waals surface area contributed by atoms with Gasteiger partial charge in [0, 0.05) is 31.4 Å². The summed E-state index contributed by atoms with van der Waals surface area (Å²) in [4.78, 5) is 11.3. The molecule has 1 unspecified atom stereocenters. The Hall–Kier alpha value is -1.49. The molecule has 1 atom stereocenters. The van der Waals surface area contributed by atoms with Crippen molar-refractivity contribution in [3.05, 3.63) is 18.1 Å². The Morgan fingerprint density at radius 1 is 1.21 bits per heavy atom. The number of hydrogen-bond acceptors (Lipinski definition) is 4. The minimum absolute atomic E-state index is 0.536. The van der Waals surface area contributed by atoms with Gasteiger partial charge in [0.05, 0.1) is 5.69 Å². The van der Waals surface area contributed by atoms with Gasteiger partial charge in [0.15, 0.2) is 5.65 Å². The zero-order valence-corrected chi connectivity index (χ0v) is 11.0. The van der Waals surface area contributed by atoms with Crippen molar-refractivity contribution in [1.82, 2.24) is 25.1 Å². The lowest BCUT2D eigenvalue weighted by molar-refractivity contribution is 0.199. The first kappa shape index (κ1) is 11.3. The summed E-state index contributed by atoms with van der Waals surface area (Å²) >= 11 is 0. The third-order valence-electron chi connectivity index (χ3n) is 4.34. The maximum atomic E-state index is 4.44. The fourth-order valence-electron chi connectivity index (χ4n) is 3.18. The predicted molar refractivity (Wildman–Crippen MR) is 72.8 cm³/mol. The number of nitrogens with zero attached hydrogens (tertiary/aromatic N) is 4. The van der Waals surface area contributed by atoms with E-state index in [-0.39, 0.29) is 0 Å². The molecule has 5 heteroatoms. The van der Waals surface area contributed by atoms with E-state index in [0.29, 0.717) is 5.92 Å². The number of H-pyrrole nitrogens is 1. The lowest BCUT2D eigenvalue weighted by atomic mass is 9.94. The van der Waals surface area contributed by atoms with Crippen LogP contribution in [0.1, 0.15) is 37.3 Å². The van der Waals surface area contributed by atoms with Crippen LogP contribution in [0.4, 0.5) is 0 Å². The molecule has 2 aromatic heterocycles. The standard InChI is InChI=1S/C14H19N5/c1-2-11(9-19(7-1)8-10-3-4-10)12-13-14(18-17-12)16-6-5-15-13/h5-6,10-11H,1-4,7-9H2,(H,16,17,18). The highest BCUT2D eigenvalue weighted by Gasteiger charge is 2.29. The van der Waals surface area contributed by atoms with Gasteiger partial charge in [0.25, 0.3) is 0 Å². The van der Waals surface area contributed by atoms with Gasteiger partial charge in [0.2, 0.25) is 0 Å². The lowest BCUT2D eigenvalue weighted by Crippen LogP contribution is -2.36. The van der Waals surface area contributed by atoms with E-state index in [1.165, 1.54) is 44.5 Å². The first-order valence-electron chi connectivity index (χ1n) is 7.27. The molecule has 2 aliphatic rings. The van der Waals surface area contributed by atoms with Gasteiger partial charge in [-0.15, -0.1) is 0 Å². The van der Waals surface area contributed by atoms with Crippen LogP contribution in [0, 0.1) is 5.92 Å². The minimum Gasteiger partial charge on any atom is -0.302 e. The molecule has 3 heterocycles. The third kappa shape index (κ3) is 2.23. The second kappa shape index (κ2) is 4.56. The van der Waals surface area contributed by atoms with Gasteiger partial charge >= 0.3 is 0 Å². The molecule has 1 saturated heterocycles. The van der Waals surface area contributed by atoms with E-state index >= 15 is 0 Å². The summed E-state index contributed by atoms with van der Waals surface area (Å²) in [5, 5.41) is 7.45. The first-order chi connectivity index (χ1) is 9.40. The van der Waals surface area contributed by atoms with E-state index in [4.69, 9.17) is 0 Å². The predicted octanol–water partition coefficient (Wildman–Crippen LogP) is 1.94. The molecule has 0 spiro atoms. The first-order valence-corrected chi connectivity index (χ1v) is 7.27.